The summed E-state index contributed by atoms with van der Waals surface area (Å²) in [5, 5.41) is 13.3. The number of hydrogen-bond acceptors (Lipinski definition) is 4. The fraction of sp³-hybridized carbons (Fsp3) is 0.0714. The predicted molar refractivity (Wildman–Crippen MR) is 76.6 cm³/mol. The van der Waals surface area contributed by atoms with Gasteiger partial charge in [0.2, 0.25) is 0 Å². The van der Waals surface area contributed by atoms with Crippen LogP contribution < -0.4 is 11.1 Å². The van der Waals surface area contributed by atoms with Crippen molar-refractivity contribution in [3.63, 3.8) is 0 Å². The van der Waals surface area contributed by atoms with E-state index in [2.05, 4.69) is 5.32 Å². The second-order valence-electron chi connectivity index (χ2n) is 4.44. The lowest BCUT2D eigenvalue weighted by molar-refractivity contribution is -0.385. The summed E-state index contributed by atoms with van der Waals surface area (Å²) in [5.74, 6) is -1.11. The molecule has 0 saturated heterocycles. The lowest BCUT2D eigenvalue weighted by atomic mass is 10.1. The molecule has 108 valence electrons. The number of nitrogens with zero attached hydrogens (tertiary/aromatic N) is 1. The molecule has 0 unspecified atom stereocenters. The van der Waals surface area contributed by atoms with E-state index in [0.717, 1.165) is 12.1 Å². The van der Waals surface area contributed by atoms with Gasteiger partial charge < -0.3 is 11.1 Å². The van der Waals surface area contributed by atoms with Crippen LogP contribution in [0, 0.1) is 22.9 Å². The summed E-state index contributed by atoms with van der Waals surface area (Å²) < 4.78 is 12.9. The van der Waals surface area contributed by atoms with Crippen molar-refractivity contribution in [1.82, 2.24) is 0 Å². The number of nitrogens with one attached hydrogen (secondary N) is 1. The highest BCUT2D eigenvalue weighted by Crippen LogP contribution is 2.23. The van der Waals surface area contributed by atoms with Gasteiger partial charge in [0.15, 0.2) is 0 Å². The van der Waals surface area contributed by atoms with E-state index in [-0.39, 0.29) is 22.6 Å². The SMILES string of the molecule is Cc1ccc(NC(=O)c2ccc(F)cc2N)cc1[N+](=O)[O-]. The highest BCUT2D eigenvalue weighted by Gasteiger charge is 2.14. The molecule has 2 aromatic rings. The van der Waals surface area contributed by atoms with Crippen molar-refractivity contribution in [2.45, 2.75) is 6.92 Å². The molecule has 0 aliphatic heterocycles. The molecule has 0 aliphatic carbocycles. The lowest BCUT2D eigenvalue weighted by Crippen LogP contribution is -2.14. The zero-order valence-electron chi connectivity index (χ0n) is 11.1. The number of nitrogens with two attached hydrogens (primary N) is 1. The minimum absolute atomic E-state index is 0.00545. The molecule has 0 spiro atoms. The Morgan fingerprint density at radius 1 is 1.29 bits per heavy atom. The molecule has 0 aromatic heterocycles. The van der Waals surface area contributed by atoms with Crippen LogP contribution in [0.15, 0.2) is 36.4 Å². The number of carbonyl (C=O) groups is 1. The van der Waals surface area contributed by atoms with Crippen molar-refractivity contribution in [3.8, 4) is 0 Å². The van der Waals surface area contributed by atoms with Crippen LogP contribution in [0.3, 0.4) is 0 Å². The van der Waals surface area contributed by atoms with Crippen LogP contribution in [0.1, 0.15) is 15.9 Å². The highest BCUT2D eigenvalue weighted by atomic mass is 19.1. The van der Waals surface area contributed by atoms with Gasteiger partial charge in [-0.05, 0) is 31.2 Å². The fourth-order valence-corrected chi connectivity index (χ4v) is 1.82. The maximum atomic E-state index is 12.9. The average Bonchev–Trinajstić information content (AvgIpc) is 2.40. The molecule has 0 atom stereocenters. The van der Waals surface area contributed by atoms with Crippen molar-refractivity contribution in [1.29, 1.82) is 0 Å². The fourth-order valence-electron chi connectivity index (χ4n) is 1.82. The Labute approximate surface area is 119 Å². The molecule has 0 aliphatic rings. The number of benzene rings is 2. The van der Waals surface area contributed by atoms with Crippen molar-refractivity contribution in [2.24, 2.45) is 0 Å². The Kier molecular flexibility index (Phi) is 3.84. The maximum absolute atomic E-state index is 12.9. The van der Waals surface area contributed by atoms with Gasteiger partial charge in [0.1, 0.15) is 5.82 Å². The Morgan fingerprint density at radius 3 is 2.62 bits per heavy atom. The predicted octanol–water partition coefficient (Wildman–Crippen LogP) is 2.88. The molecule has 0 heterocycles. The Hall–Kier alpha value is -2.96. The monoisotopic (exact) mass is 289 g/mol. The van der Waals surface area contributed by atoms with E-state index in [1.807, 2.05) is 0 Å². The number of rotatable bonds is 3. The molecule has 1 amide bonds. The summed E-state index contributed by atoms with van der Waals surface area (Å²) >= 11 is 0. The third kappa shape index (κ3) is 3.14. The minimum atomic E-state index is -0.564. The molecule has 6 nitrogen and oxygen atoms in total. The summed E-state index contributed by atoms with van der Waals surface area (Å²) in [7, 11) is 0. The maximum Gasteiger partial charge on any atom is 0.274 e. The van der Waals surface area contributed by atoms with Crippen LogP contribution in [-0.4, -0.2) is 10.8 Å². The number of anilines is 2. The van der Waals surface area contributed by atoms with Crippen molar-refractivity contribution in [2.75, 3.05) is 11.1 Å². The number of nitro benzene ring substituents is 1. The molecular weight excluding hydrogens is 277 g/mol. The molecule has 2 aromatic carbocycles. The van der Waals surface area contributed by atoms with Crippen molar-refractivity contribution >= 4 is 23.0 Å². The second-order valence-corrected chi connectivity index (χ2v) is 4.44. The highest BCUT2D eigenvalue weighted by molar-refractivity contribution is 6.07. The molecule has 0 saturated carbocycles. The summed E-state index contributed by atoms with van der Waals surface area (Å²) in [4.78, 5) is 22.4. The molecular formula is C14H12FN3O3. The van der Waals surface area contributed by atoms with Crippen LogP contribution in [0.5, 0.6) is 0 Å². The molecule has 0 radical (unpaired) electrons. The largest absolute Gasteiger partial charge is 0.398 e. The topological polar surface area (TPSA) is 98.3 Å². The zero-order chi connectivity index (χ0) is 15.6. The summed E-state index contributed by atoms with van der Waals surface area (Å²) in [6, 6.07) is 7.73. The molecule has 0 bridgehead atoms. The Bertz CT molecular complexity index is 731. The van der Waals surface area contributed by atoms with Crippen LogP contribution in [0.4, 0.5) is 21.5 Å². The third-order valence-electron chi connectivity index (χ3n) is 2.92. The van der Waals surface area contributed by atoms with Gasteiger partial charge in [-0.25, -0.2) is 4.39 Å². The number of halogens is 1. The first kappa shape index (κ1) is 14.4. The van der Waals surface area contributed by atoms with E-state index in [0.29, 0.717) is 5.56 Å². The van der Waals surface area contributed by atoms with E-state index in [4.69, 9.17) is 5.73 Å². The van der Waals surface area contributed by atoms with Gasteiger partial charge in [0.25, 0.3) is 11.6 Å². The van der Waals surface area contributed by atoms with E-state index >= 15 is 0 Å². The number of nitro groups is 1. The van der Waals surface area contributed by atoms with Crippen molar-refractivity contribution < 1.29 is 14.1 Å². The Balaban J connectivity index is 2.27. The number of amides is 1. The minimum Gasteiger partial charge on any atom is -0.398 e. The van der Waals surface area contributed by atoms with Gasteiger partial charge in [0.05, 0.1) is 10.5 Å². The van der Waals surface area contributed by atoms with Gasteiger partial charge in [-0.15, -0.1) is 0 Å². The quantitative estimate of drug-likeness (QED) is 0.515. The van der Waals surface area contributed by atoms with Crippen LogP contribution in [-0.2, 0) is 0 Å². The lowest BCUT2D eigenvalue weighted by Gasteiger charge is -2.08. The molecule has 7 heteroatoms. The first-order valence-corrected chi connectivity index (χ1v) is 6.00. The van der Waals surface area contributed by atoms with E-state index in [1.165, 1.54) is 18.2 Å². The van der Waals surface area contributed by atoms with E-state index < -0.39 is 16.6 Å². The number of carbonyl (C=O) groups excluding carboxylic acids is 1. The van der Waals surface area contributed by atoms with Crippen LogP contribution in [0.25, 0.3) is 0 Å². The Morgan fingerprint density at radius 2 is 2.00 bits per heavy atom. The third-order valence-corrected chi connectivity index (χ3v) is 2.92. The smallest absolute Gasteiger partial charge is 0.274 e. The number of nitrogen functional groups attached to an aromatic ring is 1. The molecule has 2 rings (SSSR count). The van der Waals surface area contributed by atoms with Gasteiger partial charge in [0, 0.05) is 23.0 Å². The van der Waals surface area contributed by atoms with Gasteiger partial charge in [-0.3, -0.25) is 14.9 Å². The van der Waals surface area contributed by atoms with Crippen LogP contribution >= 0.6 is 0 Å². The standard InChI is InChI=1S/C14H12FN3O3/c1-8-2-4-10(7-13(8)18(20)21)17-14(19)11-5-3-9(15)6-12(11)16/h2-7H,16H2,1H3,(H,17,19). The van der Waals surface area contributed by atoms with E-state index in [9.17, 15) is 19.3 Å². The van der Waals surface area contributed by atoms with Gasteiger partial charge in [-0.2, -0.15) is 0 Å². The first-order chi connectivity index (χ1) is 9.88. The summed E-state index contributed by atoms with van der Waals surface area (Å²) in [5.41, 5.74) is 6.31. The summed E-state index contributed by atoms with van der Waals surface area (Å²) in [6.07, 6.45) is 0. The van der Waals surface area contributed by atoms with Gasteiger partial charge in [-0.1, -0.05) is 6.07 Å². The average molecular weight is 289 g/mol. The van der Waals surface area contributed by atoms with Crippen molar-refractivity contribution in [3.05, 3.63) is 63.5 Å². The van der Waals surface area contributed by atoms with E-state index in [1.54, 1.807) is 13.0 Å². The molecule has 3 N–H and O–H groups in total. The zero-order valence-corrected chi connectivity index (χ0v) is 11.1. The number of hydrogen-bond donors (Lipinski definition) is 2. The first-order valence-electron chi connectivity index (χ1n) is 6.00. The summed E-state index contributed by atoms with van der Waals surface area (Å²) in [6.45, 7) is 1.60. The van der Waals surface area contributed by atoms with Gasteiger partial charge >= 0.3 is 0 Å². The normalized spacial score (nSPS) is 10.2. The number of aryl methyl sites for hydroxylation is 1. The molecule has 21 heavy (non-hydrogen) atoms. The second kappa shape index (κ2) is 5.58. The molecule has 0 fully saturated rings. The van der Waals surface area contributed by atoms with Crippen LogP contribution in [0.2, 0.25) is 0 Å².